The Kier molecular flexibility index (Phi) is 7.15. The first-order valence-corrected chi connectivity index (χ1v) is 10.5. The molecule has 7 heteroatoms. The van der Waals surface area contributed by atoms with Crippen molar-refractivity contribution in [3.8, 4) is 0 Å². The van der Waals surface area contributed by atoms with E-state index in [1.165, 1.54) is 12.2 Å². The highest BCUT2D eigenvalue weighted by Crippen LogP contribution is 2.44. The standard InChI is InChI=1S/C23H22F3NO2S/c1-2-3-15-29-20(28)14-13-18-17-11-7-8-12-19(17)30-21(18)22(23(24,25)26)27-16-9-5-4-6-10-16/h4-14,22,27H,2-3,15H2,1H3/b14-13+. The monoisotopic (exact) mass is 433 g/mol. The zero-order chi connectivity index (χ0) is 21.6. The molecule has 158 valence electrons. The molecule has 0 aliphatic carbocycles. The Bertz CT molecular complexity index is 1010. The molecule has 0 bridgehead atoms. The van der Waals surface area contributed by atoms with Gasteiger partial charge in [-0.1, -0.05) is 49.7 Å². The molecule has 1 N–H and O–H groups in total. The number of halogens is 3. The van der Waals surface area contributed by atoms with Gasteiger partial charge in [-0.25, -0.2) is 4.79 Å². The van der Waals surface area contributed by atoms with Crippen molar-refractivity contribution in [1.29, 1.82) is 0 Å². The van der Waals surface area contributed by atoms with E-state index in [1.807, 2.05) is 6.92 Å². The van der Waals surface area contributed by atoms with E-state index in [0.717, 1.165) is 28.9 Å². The lowest BCUT2D eigenvalue weighted by atomic mass is 10.1. The highest BCUT2D eigenvalue weighted by molar-refractivity contribution is 7.19. The highest BCUT2D eigenvalue weighted by atomic mass is 32.1. The lowest BCUT2D eigenvalue weighted by Gasteiger charge is -2.22. The molecule has 2 aromatic carbocycles. The van der Waals surface area contributed by atoms with Crippen LogP contribution in [0.2, 0.25) is 0 Å². The maximum atomic E-state index is 14.0. The van der Waals surface area contributed by atoms with Gasteiger partial charge in [0.1, 0.15) is 0 Å². The number of fused-ring (bicyclic) bond motifs is 1. The van der Waals surface area contributed by atoms with Crippen molar-refractivity contribution in [2.24, 2.45) is 0 Å². The largest absolute Gasteiger partial charge is 0.463 e. The molecule has 0 fully saturated rings. The zero-order valence-electron chi connectivity index (χ0n) is 16.4. The van der Waals surface area contributed by atoms with Crippen LogP contribution in [-0.4, -0.2) is 18.8 Å². The number of benzene rings is 2. The number of anilines is 1. The van der Waals surface area contributed by atoms with Gasteiger partial charge in [0.15, 0.2) is 6.04 Å². The normalized spacial score (nSPS) is 12.9. The van der Waals surface area contributed by atoms with E-state index in [4.69, 9.17) is 4.74 Å². The molecule has 0 aliphatic heterocycles. The summed E-state index contributed by atoms with van der Waals surface area (Å²) in [6.45, 7) is 2.27. The smallest absolute Gasteiger partial charge is 0.413 e. The number of nitrogens with one attached hydrogen (secondary N) is 1. The summed E-state index contributed by atoms with van der Waals surface area (Å²) in [7, 11) is 0. The van der Waals surface area contributed by atoms with Gasteiger partial charge < -0.3 is 10.1 Å². The van der Waals surface area contributed by atoms with Gasteiger partial charge in [-0.05, 0) is 36.3 Å². The SMILES string of the molecule is CCCCOC(=O)/C=C/c1c(C(Nc2ccccc2)C(F)(F)F)sc2ccccc12. The number of alkyl halides is 3. The van der Waals surface area contributed by atoms with Crippen LogP contribution in [-0.2, 0) is 9.53 Å². The van der Waals surface area contributed by atoms with Gasteiger partial charge >= 0.3 is 12.1 Å². The molecule has 3 nitrogen and oxygen atoms in total. The molecular formula is C23H22F3NO2S. The van der Waals surface area contributed by atoms with Crippen LogP contribution in [0, 0.1) is 0 Å². The molecule has 1 atom stereocenters. The van der Waals surface area contributed by atoms with Crippen molar-refractivity contribution in [3.05, 3.63) is 71.1 Å². The summed E-state index contributed by atoms with van der Waals surface area (Å²) in [5, 5.41) is 3.27. The van der Waals surface area contributed by atoms with E-state index in [0.29, 0.717) is 16.6 Å². The average Bonchev–Trinajstić information content (AvgIpc) is 3.08. The predicted octanol–water partition coefficient (Wildman–Crippen LogP) is 6.97. The number of carbonyl (C=O) groups excluding carboxylic acids is 1. The van der Waals surface area contributed by atoms with Crippen molar-refractivity contribution >= 4 is 39.2 Å². The van der Waals surface area contributed by atoms with E-state index in [1.54, 1.807) is 54.6 Å². The molecule has 0 saturated heterocycles. The Morgan fingerprint density at radius 2 is 1.83 bits per heavy atom. The van der Waals surface area contributed by atoms with E-state index in [2.05, 4.69) is 5.32 Å². The highest BCUT2D eigenvalue weighted by Gasteiger charge is 2.43. The lowest BCUT2D eigenvalue weighted by Crippen LogP contribution is -2.27. The molecule has 3 aromatic rings. The predicted molar refractivity (Wildman–Crippen MR) is 116 cm³/mol. The number of thiophene rings is 1. The molecule has 0 aliphatic rings. The Hall–Kier alpha value is -2.80. The van der Waals surface area contributed by atoms with Crippen LogP contribution in [0.3, 0.4) is 0 Å². The number of ether oxygens (including phenoxy) is 1. The van der Waals surface area contributed by atoms with E-state index in [-0.39, 0.29) is 11.5 Å². The first kappa shape index (κ1) is 21.9. The summed E-state index contributed by atoms with van der Waals surface area (Å²) in [5.41, 5.74) is 0.736. The molecule has 1 aromatic heterocycles. The van der Waals surface area contributed by atoms with Gasteiger partial charge in [-0.2, -0.15) is 13.2 Å². The fraction of sp³-hybridized carbons (Fsp3) is 0.261. The third-order valence-electron chi connectivity index (χ3n) is 4.47. The van der Waals surface area contributed by atoms with E-state index in [9.17, 15) is 18.0 Å². The first-order valence-electron chi connectivity index (χ1n) is 9.64. The fourth-order valence-electron chi connectivity index (χ4n) is 2.98. The molecule has 0 spiro atoms. The molecule has 1 heterocycles. The van der Waals surface area contributed by atoms with Crippen LogP contribution in [0.15, 0.2) is 60.7 Å². The Morgan fingerprint density at radius 3 is 2.53 bits per heavy atom. The number of rotatable bonds is 8. The lowest BCUT2D eigenvalue weighted by molar-refractivity contribution is -0.143. The third-order valence-corrected chi connectivity index (χ3v) is 5.72. The van der Waals surface area contributed by atoms with Crippen LogP contribution in [0.5, 0.6) is 0 Å². The van der Waals surface area contributed by atoms with E-state index >= 15 is 0 Å². The minimum absolute atomic E-state index is 0.102. The van der Waals surface area contributed by atoms with Gasteiger partial charge in [-0.15, -0.1) is 11.3 Å². The van der Waals surface area contributed by atoms with Crippen molar-refractivity contribution in [3.63, 3.8) is 0 Å². The molecule has 0 radical (unpaired) electrons. The second-order valence-corrected chi connectivity index (χ2v) is 7.80. The van der Waals surface area contributed by atoms with Gasteiger partial charge in [0.2, 0.25) is 0 Å². The minimum atomic E-state index is -4.53. The summed E-state index contributed by atoms with van der Waals surface area (Å²) in [5.74, 6) is -0.566. The topological polar surface area (TPSA) is 38.3 Å². The van der Waals surface area contributed by atoms with Crippen molar-refractivity contribution in [2.75, 3.05) is 11.9 Å². The van der Waals surface area contributed by atoms with Crippen LogP contribution >= 0.6 is 11.3 Å². The van der Waals surface area contributed by atoms with Crippen LogP contribution in [0.25, 0.3) is 16.2 Å². The van der Waals surface area contributed by atoms with E-state index < -0.39 is 18.2 Å². The van der Waals surface area contributed by atoms with Crippen molar-refractivity contribution in [1.82, 2.24) is 0 Å². The molecule has 1 unspecified atom stereocenters. The van der Waals surface area contributed by atoms with Crippen LogP contribution in [0.4, 0.5) is 18.9 Å². The summed E-state index contributed by atoms with van der Waals surface area (Å²) in [6.07, 6.45) is -0.281. The molecule has 0 amide bonds. The molecule has 3 rings (SSSR count). The molecular weight excluding hydrogens is 411 g/mol. The van der Waals surface area contributed by atoms with Gasteiger partial charge in [0, 0.05) is 26.7 Å². The number of carbonyl (C=O) groups is 1. The molecule has 30 heavy (non-hydrogen) atoms. The van der Waals surface area contributed by atoms with Crippen LogP contribution < -0.4 is 5.32 Å². The number of hydrogen-bond donors (Lipinski definition) is 1. The second-order valence-electron chi connectivity index (χ2n) is 6.72. The Morgan fingerprint density at radius 1 is 1.13 bits per heavy atom. The average molecular weight is 433 g/mol. The summed E-state index contributed by atoms with van der Waals surface area (Å²) in [6, 6.07) is 13.4. The second kappa shape index (κ2) is 9.80. The Labute approximate surface area is 177 Å². The van der Waals surface area contributed by atoms with Crippen molar-refractivity contribution in [2.45, 2.75) is 32.0 Å². The van der Waals surface area contributed by atoms with Gasteiger partial charge in [-0.3, -0.25) is 0 Å². The summed E-state index contributed by atoms with van der Waals surface area (Å²) >= 11 is 1.07. The van der Waals surface area contributed by atoms with Crippen LogP contribution in [0.1, 0.15) is 36.2 Å². The quantitative estimate of drug-likeness (QED) is 0.237. The maximum absolute atomic E-state index is 14.0. The number of esters is 1. The maximum Gasteiger partial charge on any atom is 0.413 e. The first-order chi connectivity index (χ1) is 14.4. The summed E-state index contributed by atoms with van der Waals surface area (Å²) in [4.78, 5) is 12.1. The van der Waals surface area contributed by atoms with Gasteiger partial charge in [0.05, 0.1) is 6.61 Å². The zero-order valence-corrected chi connectivity index (χ0v) is 17.2. The third kappa shape index (κ3) is 5.42. The minimum Gasteiger partial charge on any atom is -0.463 e. The van der Waals surface area contributed by atoms with Gasteiger partial charge in [0.25, 0.3) is 0 Å². The number of para-hydroxylation sites is 1. The number of hydrogen-bond acceptors (Lipinski definition) is 4. The fourth-order valence-corrected chi connectivity index (χ4v) is 4.25. The van der Waals surface area contributed by atoms with Crippen molar-refractivity contribution < 1.29 is 22.7 Å². The Balaban J connectivity index is 2.00. The summed E-state index contributed by atoms with van der Waals surface area (Å²) < 4.78 is 47.9. The number of unbranched alkanes of at least 4 members (excludes halogenated alkanes) is 1. The molecule has 0 saturated carbocycles.